The van der Waals surface area contributed by atoms with Gasteiger partial charge in [0.2, 0.25) is 0 Å². The highest BCUT2D eigenvalue weighted by molar-refractivity contribution is 5.95. The minimum absolute atomic E-state index is 0.257. The van der Waals surface area contributed by atoms with Gasteiger partial charge in [-0.3, -0.25) is 4.98 Å². The first kappa shape index (κ1) is 22.7. The molecule has 0 amide bonds. The van der Waals surface area contributed by atoms with Crippen molar-refractivity contribution in [3.63, 3.8) is 0 Å². The molecular weight excluding hydrogens is 388 g/mol. The van der Waals surface area contributed by atoms with E-state index in [1.165, 1.54) is 12.8 Å². The third kappa shape index (κ3) is 6.23. The average Bonchev–Trinajstić information content (AvgIpc) is 3.14. The van der Waals surface area contributed by atoms with E-state index in [1.807, 2.05) is 22.9 Å². The number of aryl methyl sites for hydroxylation is 2. The molecule has 0 bridgehead atoms. The van der Waals surface area contributed by atoms with Crippen molar-refractivity contribution < 1.29 is 9.90 Å². The standard InChI is InChI=1S/C25H32N4O2/c1-4-5-6-11-24-27-23(15-12-18(2)3)28-29(24)17-19-13-14-22(26-16-19)20-9-7-8-10-21(20)25(30)31/h7-10,13-14,16,18H,4-6,11-12,15,17H2,1-3H3,(H,30,31). The minimum Gasteiger partial charge on any atom is -0.478 e. The third-order valence-electron chi connectivity index (χ3n) is 5.33. The van der Waals surface area contributed by atoms with Crippen molar-refractivity contribution in [1.82, 2.24) is 19.7 Å². The number of aromatic nitrogens is 4. The highest BCUT2D eigenvalue weighted by atomic mass is 16.4. The molecule has 1 aromatic carbocycles. The Morgan fingerprint density at radius 3 is 2.58 bits per heavy atom. The minimum atomic E-state index is -0.949. The van der Waals surface area contributed by atoms with Crippen LogP contribution in [0.4, 0.5) is 0 Å². The molecule has 1 N–H and O–H groups in total. The molecule has 3 rings (SSSR count). The average molecular weight is 421 g/mol. The van der Waals surface area contributed by atoms with Crippen LogP contribution >= 0.6 is 0 Å². The monoisotopic (exact) mass is 420 g/mol. The van der Waals surface area contributed by atoms with E-state index < -0.39 is 5.97 Å². The van der Waals surface area contributed by atoms with Gasteiger partial charge >= 0.3 is 5.97 Å². The zero-order valence-electron chi connectivity index (χ0n) is 18.7. The zero-order chi connectivity index (χ0) is 22.2. The fraction of sp³-hybridized carbons (Fsp3) is 0.440. The first-order valence-corrected chi connectivity index (χ1v) is 11.2. The number of carboxylic acids is 1. The third-order valence-corrected chi connectivity index (χ3v) is 5.33. The van der Waals surface area contributed by atoms with E-state index in [-0.39, 0.29) is 5.56 Å². The summed E-state index contributed by atoms with van der Waals surface area (Å²) in [6, 6.07) is 10.8. The second kappa shape index (κ2) is 10.8. The first-order chi connectivity index (χ1) is 15.0. The number of aromatic carboxylic acids is 1. The fourth-order valence-electron chi connectivity index (χ4n) is 3.54. The van der Waals surface area contributed by atoms with Gasteiger partial charge in [0.25, 0.3) is 0 Å². The van der Waals surface area contributed by atoms with Gasteiger partial charge in [-0.1, -0.05) is 57.9 Å². The summed E-state index contributed by atoms with van der Waals surface area (Å²) >= 11 is 0. The summed E-state index contributed by atoms with van der Waals surface area (Å²) in [6.45, 7) is 7.25. The van der Waals surface area contributed by atoms with Crippen LogP contribution in [0.1, 0.15) is 74.0 Å². The number of rotatable bonds is 11. The summed E-state index contributed by atoms with van der Waals surface area (Å²) in [5.74, 6) is 1.63. The molecule has 31 heavy (non-hydrogen) atoms. The number of unbranched alkanes of at least 4 members (excludes halogenated alkanes) is 2. The molecule has 0 saturated heterocycles. The summed E-state index contributed by atoms with van der Waals surface area (Å²) in [4.78, 5) is 20.8. The molecule has 0 spiro atoms. The maximum atomic E-state index is 11.5. The van der Waals surface area contributed by atoms with E-state index in [4.69, 9.17) is 10.1 Å². The summed E-state index contributed by atoms with van der Waals surface area (Å²) in [5.41, 5.74) is 2.56. The topological polar surface area (TPSA) is 80.9 Å². The van der Waals surface area contributed by atoms with Crippen molar-refractivity contribution in [2.24, 2.45) is 5.92 Å². The number of nitrogens with zero attached hydrogens (tertiary/aromatic N) is 4. The molecule has 6 heteroatoms. The van der Waals surface area contributed by atoms with Gasteiger partial charge in [-0.25, -0.2) is 14.5 Å². The molecule has 3 aromatic rings. The lowest BCUT2D eigenvalue weighted by Gasteiger charge is -2.08. The molecule has 0 aliphatic rings. The van der Waals surface area contributed by atoms with Crippen molar-refractivity contribution in [3.05, 3.63) is 65.4 Å². The maximum Gasteiger partial charge on any atom is 0.336 e. The van der Waals surface area contributed by atoms with Crippen LogP contribution in [0.5, 0.6) is 0 Å². The van der Waals surface area contributed by atoms with Gasteiger partial charge in [-0.15, -0.1) is 0 Å². The zero-order valence-corrected chi connectivity index (χ0v) is 18.7. The predicted octanol–water partition coefficient (Wildman–Crippen LogP) is 5.41. The molecule has 2 heterocycles. The summed E-state index contributed by atoms with van der Waals surface area (Å²) in [6.07, 6.45) is 8.19. The van der Waals surface area contributed by atoms with E-state index >= 15 is 0 Å². The van der Waals surface area contributed by atoms with Crippen molar-refractivity contribution in [2.75, 3.05) is 0 Å². The van der Waals surface area contributed by atoms with Crippen molar-refractivity contribution in [2.45, 2.75) is 65.8 Å². The Hall–Kier alpha value is -3.02. The molecule has 2 aromatic heterocycles. The fourth-order valence-corrected chi connectivity index (χ4v) is 3.54. The van der Waals surface area contributed by atoms with Gasteiger partial charge in [0, 0.05) is 24.6 Å². The summed E-state index contributed by atoms with van der Waals surface area (Å²) in [5, 5.41) is 14.2. The summed E-state index contributed by atoms with van der Waals surface area (Å²) < 4.78 is 2.01. The van der Waals surface area contributed by atoms with E-state index in [2.05, 4.69) is 25.8 Å². The molecule has 0 unspecified atom stereocenters. The molecule has 6 nitrogen and oxygen atoms in total. The van der Waals surface area contributed by atoms with Gasteiger partial charge in [0.1, 0.15) is 5.82 Å². The van der Waals surface area contributed by atoms with Gasteiger partial charge in [-0.2, -0.15) is 5.10 Å². The second-order valence-corrected chi connectivity index (χ2v) is 8.39. The number of carboxylic acid groups (broad SMARTS) is 1. The van der Waals surface area contributed by atoms with Crippen LogP contribution in [0.15, 0.2) is 42.6 Å². The second-order valence-electron chi connectivity index (χ2n) is 8.39. The van der Waals surface area contributed by atoms with E-state index in [1.54, 1.807) is 24.4 Å². The predicted molar refractivity (Wildman–Crippen MR) is 122 cm³/mol. The summed E-state index contributed by atoms with van der Waals surface area (Å²) in [7, 11) is 0. The Kier molecular flexibility index (Phi) is 7.93. The quantitative estimate of drug-likeness (QED) is 0.420. The first-order valence-electron chi connectivity index (χ1n) is 11.2. The van der Waals surface area contributed by atoms with Crippen LogP contribution in [0.2, 0.25) is 0 Å². The SMILES string of the molecule is CCCCCc1nc(CCC(C)C)nn1Cc1ccc(-c2ccccc2C(=O)O)nc1. The van der Waals surface area contributed by atoms with Crippen molar-refractivity contribution in [3.8, 4) is 11.3 Å². The number of pyridine rings is 1. The Morgan fingerprint density at radius 1 is 1.10 bits per heavy atom. The normalized spacial score (nSPS) is 11.2. The molecule has 0 aliphatic heterocycles. The lowest BCUT2D eigenvalue weighted by molar-refractivity contribution is 0.0697. The number of benzene rings is 1. The maximum absolute atomic E-state index is 11.5. The van der Waals surface area contributed by atoms with Gasteiger partial charge in [-0.05, 0) is 36.5 Å². The largest absolute Gasteiger partial charge is 0.478 e. The Morgan fingerprint density at radius 2 is 1.90 bits per heavy atom. The van der Waals surface area contributed by atoms with Crippen LogP contribution in [-0.4, -0.2) is 30.8 Å². The van der Waals surface area contributed by atoms with Crippen LogP contribution in [0.25, 0.3) is 11.3 Å². The Balaban J connectivity index is 1.79. The van der Waals surface area contributed by atoms with Gasteiger partial charge in [0.05, 0.1) is 17.8 Å². The van der Waals surface area contributed by atoms with E-state index in [9.17, 15) is 9.90 Å². The molecule has 164 valence electrons. The van der Waals surface area contributed by atoms with Gasteiger partial charge in [0.15, 0.2) is 5.82 Å². The lowest BCUT2D eigenvalue weighted by atomic mass is 10.0. The van der Waals surface area contributed by atoms with Crippen LogP contribution in [-0.2, 0) is 19.4 Å². The molecule has 0 saturated carbocycles. The smallest absolute Gasteiger partial charge is 0.336 e. The van der Waals surface area contributed by atoms with Crippen LogP contribution in [0, 0.1) is 5.92 Å². The van der Waals surface area contributed by atoms with Crippen LogP contribution < -0.4 is 0 Å². The molecule has 0 aliphatic carbocycles. The molecule has 0 radical (unpaired) electrons. The number of hydrogen-bond acceptors (Lipinski definition) is 4. The highest BCUT2D eigenvalue weighted by Gasteiger charge is 2.14. The van der Waals surface area contributed by atoms with Gasteiger partial charge < -0.3 is 5.11 Å². The molecule has 0 atom stereocenters. The van der Waals surface area contributed by atoms with Crippen molar-refractivity contribution in [1.29, 1.82) is 0 Å². The Labute approximate surface area is 184 Å². The number of hydrogen-bond donors (Lipinski definition) is 1. The molecular formula is C25H32N4O2. The van der Waals surface area contributed by atoms with Crippen LogP contribution in [0.3, 0.4) is 0 Å². The lowest BCUT2D eigenvalue weighted by Crippen LogP contribution is -2.08. The highest BCUT2D eigenvalue weighted by Crippen LogP contribution is 2.22. The van der Waals surface area contributed by atoms with Crippen molar-refractivity contribution >= 4 is 5.97 Å². The molecule has 0 fully saturated rings. The Bertz CT molecular complexity index is 993. The van der Waals surface area contributed by atoms with E-state index in [0.29, 0.717) is 23.7 Å². The van der Waals surface area contributed by atoms with E-state index in [0.717, 1.165) is 42.9 Å². The number of carbonyl (C=O) groups is 1.